The lowest BCUT2D eigenvalue weighted by Gasteiger charge is -2.13. The van der Waals surface area contributed by atoms with Crippen LogP contribution in [0.2, 0.25) is 0 Å². The second-order valence-corrected chi connectivity index (χ2v) is 7.56. The van der Waals surface area contributed by atoms with Crippen LogP contribution < -0.4 is 0 Å². The third kappa shape index (κ3) is 3.43. The molecule has 0 N–H and O–H groups in total. The SMILES string of the molecule is CCC1=Cc2c(cccc2-c2cc(-c3ccccc3)cc(-c3ccccc3)c2)[CH]1. The van der Waals surface area contributed by atoms with Gasteiger partial charge in [-0.25, -0.2) is 0 Å². The Hall–Kier alpha value is -3.38. The van der Waals surface area contributed by atoms with E-state index in [0.717, 1.165) is 6.42 Å². The molecule has 0 spiro atoms. The molecule has 0 fully saturated rings. The summed E-state index contributed by atoms with van der Waals surface area (Å²) in [6.45, 7) is 2.22. The highest BCUT2D eigenvalue weighted by Gasteiger charge is 2.17. The maximum absolute atomic E-state index is 2.35. The molecule has 0 aromatic heterocycles. The molecular weight excluding hydrogens is 348 g/mol. The van der Waals surface area contributed by atoms with Crippen molar-refractivity contribution in [2.24, 2.45) is 0 Å². The zero-order valence-electron chi connectivity index (χ0n) is 16.6. The van der Waals surface area contributed by atoms with Crippen LogP contribution in [-0.2, 0) is 0 Å². The minimum Gasteiger partial charge on any atom is -0.0622 e. The molecule has 139 valence electrons. The molecule has 0 saturated carbocycles. The van der Waals surface area contributed by atoms with Crippen molar-refractivity contribution < 1.29 is 0 Å². The Balaban J connectivity index is 1.72. The van der Waals surface area contributed by atoms with Crippen LogP contribution in [0.15, 0.2) is 103 Å². The molecule has 29 heavy (non-hydrogen) atoms. The van der Waals surface area contributed by atoms with Gasteiger partial charge in [0.05, 0.1) is 0 Å². The summed E-state index contributed by atoms with van der Waals surface area (Å²) >= 11 is 0. The van der Waals surface area contributed by atoms with Crippen molar-refractivity contribution in [2.45, 2.75) is 13.3 Å². The molecule has 0 atom stereocenters. The Kier molecular flexibility index (Phi) is 4.62. The van der Waals surface area contributed by atoms with E-state index in [9.17, 15) is 0 Å². The summed E-state index contributed by atoms with van der Waals surface area (Å²) in [6.07, 6.45) is 5.73. The third-order valence-corrected chi connectivity index (χ3v) is 5.68. The van der Waals surface area contributed by atoms with E-state index < -0.39 is 0 Å². The standard InChI is InChI=1S/C29H23/c1-2-21-16-24-14-9-15-28(29(24)17-21)27-19-25(22-10-5-3-6-11-22)18-26(20-27)23-12-7-4-8-13-23/h3-20H,2H2,1H3. The highest BCUT2D eigenvalue weighted by molar-refractivity contribution is 5.87. The maximum atomic E-state index is 2.35. The smallest absolute Gasteiger partial charge is 0.0164 e. The van der Waals surface area contributed by atoms with Gasteiger partial charge in [0.25, 0.3) is 0 Å². The summed E-state index contributed by atoms with van der Waals surface area (Å²) in [4.78, 5) is 0. The predicted octanol–water partition coefficient (Wildman–Crippen LogP) is 8.05. The first-order valence-electron chi connectivity index (χ1n) is 10.3. The molecule has 0 nitrogen and oxygen atoms in total. The van der Waals surface area contributed by atoms with Gasteiger partial charge in [-0.2, -0.15) is 0 Å². The van der Waals surface area contributed by atoms with Crippen LogP contribution >= 0.6 is 0 Å². The number of hydrogen-bond acceptors (Lipinski definition) is 0. The van der Waals surface area contributed by atoms with Gasteiger partial charge < -0.3 is 0 Å². The number of benzene rings is 4. The minimum absolute atomic E-state index is 1.06. The molecule has 0 bridgehead atoms. The van der Waals surface area contributed by atoms with Crippen LogP contribution in [0.3, 0.4) is 0 Å². The summed E-state index contributed by atoms with van der Waals surface area (Å²) < 4.78 is 0. The van der Waals surface area contributed by atoms with Crippen LogP contribution in [0.1, 0.15) is 24.5 Å². The van der Waals surface area contributed by atoms with Crippen molar-refractivity contribution in [2.75, 3.05) is 0 Å². The summed E-state index contributed by atoms with van der Waals surface area (Å²) in [5, 5.41) is 0. The van der Waals surface area contributed by atoms with Gasteiger partial charge in [0, 0.05) is 6.42 Å². The molecule has 0 unspecified atom stereocenters. The second kappa shape index (κ2) is 7.56. The van der Waals surface area contributed by atoms with E-state index in [4.69, 9.17) is 0 Å². The normalized spacial score (nSPS) is 12.5. The topological polar surface area (TPSA) is 0 Å². The zero-order valence-corrected chi connectivity index (χ0v) is 16.6. The highest BCUT2D eigenvalue weighted by Crippen LogP contribution is 2.39. The van der Waals surface area contributed by atoms with Crippen LogP contribution in [0.25, 0.3) is 39.5 Å². The average Bonchev–Trinajstić information content (AvgIpc) is 3.23. The molecule has 0 heterocycles. The Bertz CT molecular complexity index is 1120. The fourth-order valence-corrected chi connectivity index (χ4v) is 4.13. The molecule has 0 amide bonds. The average molecular weight is 372 g/mol. The molecular formula is C29H23. The number of allylic oxidation sites excluding steroid dienone is 1. The first-order chi connectivity index (χ1) is 14.3. The molecule has 0 saturated heterocycles. The summed E-state index contributed by atoms with van der Waals surface area (Å²) in [6, 6.07) is 34.9. The van der Waals surface area contributed by atoms with E-state index in [1.807, 2.05) is 0 Å². The van der Waals surface area contributed by atoms with E-state index in [0.29, 0.717) is 0 Å². The van der Waals surface area contributed by atoms with E-state index >= 15 is 0 Å². The number of fused-ring (bicyclic) bond motifs is 1. The Morgan fingerprint density at radius 3 is 1.72 bits per heavy atom. The highest BCUT2D eigenvalue weighted by atomic mass is 14.2. The quantitative estimate of drug-likeness (QED) is 0.340. The van der Waals surface area contributed by atoms with Gasteiger partial charge in [0.2, 0.25) is 0 Å². The molecule has 5 rings (SSSR count). The van der Waals surface area contributed by atoms with Gasteiger partial charge in [-0.05, 0) is 69.1 Å². The molecule has 4 aromatic rings. The zero-order chi connectivity index (χ0) is 19.6. The molecule has 4 aromatic carbocycles. The van der Waals surface area contributed by atoms with E-state index in [1.54, 1.807) is 0 Å². The monoisotopic (exact) mass is 371 g/mol. The van der Waals surface area contributed by atoms with Crippen LogP contribution in [-0.4, -0.2) is 0 Å². The molecule has 0 aliphatic heterocycles. The van der Waals surface area contributed by atoms with Gasteiger partial charge in [0.1, 0.15) is 0 Å². The molecule has 1 aliphatic rings. The molecule has 0 heteroatoms. The third-order valence-electron chi connectivity index (χ3n) is 5.68. The van der Waals surface area contributed by atoms with Crippen LogP contribution in [0.4, 0.5) is 0 Å². The van der Waals surface area contributed by atoms with Crippen LogP contribution in [0.5, 0.6) is 0 Å². The summed E-state index contributed by atoms with van der Waals surface area (Å²) in [5.74, 6) is 0. The second-order valence-electron chi connectivity index (χ2n) is 7.56. The van der Waals surface area contributed by atoms with Gasteiger partial charge >= 0.3 is 0 Å². The largest absolute Gasteiger partial charge is 0.0622 e. The van der Waals surface area contributed by atoms with Crippen molar-refractivity contribution in [3.05, 3.63) is 120 Å². The van der Waals surface area contributed by atoms with Gasteiger partial charge in [0.15, 0.2) is 0 Å². The lowest BCUT2D eigenvalue weighted by Crippen LogP contribution is -1.89. The fraction of sp³-hybridized carbons (Fsp3) is 0.0690. The van der Waals surface area contributed by atoms with Gasteiger partial charge in [-0.3, -0.25) is 0 Å². The van der Waals surface area contributed by atoms with E-state index in [-0.39, 0.29) is 0 Å². The Morgan fingerprint density at radius 1 is 0.552 bits per heavy atom. The Labute approximate surface area is 173 Å². The summed E-state index contributed by atoms with van der Waals surface area (Å²) in [5.41, 5.74) is 11.6. The molecule has 1 aliphatic carbocycles. The van der Waals surface area contributed by atoms with Crippen molar-refractivity contribution in [3.8, 4) is 33.4 Å². The van der Waals surface area contributed by atoms with Gasteiger partial charge in [-0.1, -0.05) is 97.4 Å². The lowest BCUT2D eigenvalue weighted by atomic mass is 9.91. The van der Waals surface area contributed by atoms with Crippen molar-refractivity contribution in [3.63, 3.8) is 0 Å². The van der Waals surface area contributed by atoms with Crippen molar-refractivity contribution in [1.29, 1.82) is 0 Å². The first kappa shape index (κ1) is 17.7. The van der Waals surface area contributed by atoms with Gasteiger partial charge in [-0.15, -0.1) is 0 Å². The van der Waals surface area contributed by atoms with E-state index in [1.165, 1.54) is 50.1 Å². The number of hydrogen-bond donors (Lipinski definition) is 0. The fourth-order valence-electron chi connectivity index (χ4n) is 4.13. The maximum Gasteiger partial charge on any atom is 0.0164 e. The van der Waals surface area contributed by atoms with Crippen LogP contribution in [0, 0.1) is 6.42 Å². The number of rotatable bonds is 4. The summed E-state index contributed by atoms with van der Waals surface area (Å²) in [7, 11) is 0. The van der Waals surface area contributed by atoms with Crippen molar-refractivity contribution in [1.82, 2.24) is 0 Å². The first-order valence-corrected chi connectivity index (χ1v) is 10.3. The van der Waals surface area contributed by atoms with E-state index in [2.05, 4.69) is 116 Å². The lowest BCUT2D eigenvalue weighted by molar-refractivity contribution is 1.14. The molecule has 1 radical (unpaired) electrons. The van der Waals surface area contributed by atoms with Crippen molar-refractivity contribution >= 4 is 6.08 Å². The Morgan fingerprint density at radius 2 is 1.14 bits per heavy atom. The predicted molar refractivity (Wildman–Crippen MR) is 124 cm³/mol. The minimum atomic E-state index is 1.06.